The van der Waals surface area contributed by atoms with Gasteiger partial charge in [0.05, 0.1) is 4.90 Å². The number of aryl methyl sites for hydroxylation is 4. The minimum absolute atomic E-state index is 0.292. The highest BCUT2D eigenvalue weighted by Gasteiger charge is 2.18. The van der Waals surface area contributed by atoms with Crippen LogP contribution in [-0.2, 0) is 10.0 Å². The van der Waals surface area contributed by atoms with Gasteiger partial charge >= 0.3 is 0 Å². The first-order valence-corrected chi connectivity index (χ1v) is 11.0. The molecule has 30 heavy (non-hydrogen) atoms. The number of hydrogen-bond donors (Lipinski definition) is 2. The van der Waals surface area contributed by atoms with Crippen LogP contribution in [0.15, 0.2) is 47.4 Å². The Hall–Kier alpha value is -3.13. The number of anilines is 4. The maximum absolute atomic E-state index is 12.9. The minimum atomic E-state index is -3.67. The Kier molecular flexibility index (Phi) is 5.98. The van der Waals surface area contributed by atoms with Crippen molar-refractivity contribution in [3.8, 4) is 0 Å². The van der Waals surface area contributed by atoms with Crippen LogP contribution in [0.2, 0.25) is 0 Å². The predicted octanol–water partition coefficient (Wildman–Crippen LogP) is 4.32. The molecule has 0 amide bonds. The highest BCUT2D eigenvalue weighted by Crippen LogP contribution is 2.25. The van der Waals surface area contributed by atoms with Gasteiger partial charge in [0.25, 0.3) is 10.0 Å². The summed E-state index contributed by atoms with van der Waals surface area (Å²) in [5.41, 5.74) is 4.02. The van der Waals surface area contributed by atoms with Gasteiger partial charge in [0.2, 0.25) is 0 Å². The largest absolute Gasteiger partial charge is 0.363 e. The normalized spacial score (nSPS) is 11.3. The van der Waals surface area contributed by atoms with Crippen LogP contribution in [0.4, 0.5) is 23.0 Å². The molecule has 8 heteroatoms. The van der Waals surface area contributed by atoms with E-state index < -0.39 is 10.0 Å². The van der Waals surface area contributed by atoms with Crippen LogP contribution in [0, 0.1) is 27.7 Å². The highest BCUT2D eigenvalue weighted by molar-refractivity contribution is 7.92. The van der Waals surface area contributed by atoms with Gasteiger partial charge < -0.3 is 10.2 Å². The van der Waals surface area contributed by atoms with Crippen LogP contribution in [-0.4, -0.2) is 32.5 Å². The number of benzene rings is 2. The Morgan fingerprint density at radius 2 is 1.40 bits per heavy atom. The van der Waals surface area contributed by atoms with Crippen LogP contribution >= 0.6 is 0 Å². The van der Waals surface area contributed by atoms with Crippen LogP contribution in [0.1, 0.15) is 22.5 Å². The fourth-order valence-electron chi connectivity index (χ4n) is 3.05. The van der Waals surface area contributed by atoms with Crippen molar-refractivity contribution in [2.24, 2.45) is 0 Å². The third-order valence-corrected chi connectivity index (χ3v) is 6.30. The predicted molar refractivity (Wildman–Crippen MR) is 122 cm³/mol. The Balaban J connectivity index is 1.79. The molecule has 1 heterocycles. The summed E-state index contributed by atoms with van der Waals surface area (Å²) in [4.78, 5) is 11.0. The van der Waals surface area contributed by atoms with Crippen LogP contribution < -0.4 is 14.9 Å². The van der Waals surface area contributed by atoms with Crippen LogP contribution in [0.3, 0.4) is 0 Å². The molecule has 0 aliphatic heterocycles. The standard InChI is InChI=1S/C22H27N5O2S/c1-14-11-16(3)20(12-15(14)2)30(28,29)26-19-9-7-18(8-10-19)25-21-13-22(27(5)6)24-17(4)23-21/h7-13,26H,1-6H3,(H,23,24,25). The molecule has 158 valence electrons. The maximum atomic E-state index is 12.9. The van der Waals surface area contributed by atoms with E-state index in [0.29, 0.717) is 22.2 Å². The van der Waals surface area contributed by atoms with E-state index >= 15 is 0 Å². The third kappa shape index (κ3) is 4.88. The summed E-state index contributed by atoms with van der Waals surface area (Å²) >= 11 is 0. The molecule has 0 atom stereocenters. The van der Waals surface area contributed by atoms with E-state index in [-0.39, 0.29) is 0 Å². The minimum Gasteiger partial charge on any atom is -0.363 e. The van der Waals surface area contributed by atoms with Crippen molar-refractivity contribution in [2.75, 3.05) is 29.0 Å². The summed E-state index contributed by atoms with van der Waals surface area (Å²) in [5.74, 6) is 2.14. The zero-order valence-corrected chi connectivity index (χ0v) is 18.9. The average Bonchev–Trinajstić information content (AvgIpc) is 2.65. The number of hydrogen-bond acceptors (Lipinski definition) is 6. The van der Waals surface area contributed by atoms with Crippen molar-refractivity contribution >= 4 is 33.0 Å². The van der Waals surface area contributed by atoms with Crippen molar-refractivity contribution in [3.63, 3.8) is 0 Å². The number of aromatic nitrogens is 2. The average molecular weight is 426 g/mol. The number of rotatable bonds is 6. The topological polar surface area (TPSA) is 87.2 Å². The highest BCUT2D eigenvalue weighted by atomic mass is 32.2. The van der Waals surface area contributed by atoms with Gasteiger partial charge in [0.15, 0.2) is 0 Å². The Bertz CT molecular complexity index is 1170. The van der Waals surface area contributed by atoms with Gasteiger partial charge in [-0.05, 0) is 74.7 Å². The van der Waals surface area contributed by atoms with E-state index in [9.17, 15) is 8.42 Å². The van der Waals surface area contributed by atoms with E-state index in [1.807, 2.05) is 51.9 Å². The summed E-state index contributed by atoms with van der Waals surface area (Å²) in [6.07, 6.45) is 0. The first kappa shape index (κ1) is 21.6. The van der Waals surface area contributed by atoms with E-state index in [1.54, 1.807) is 37.3 Å². The quantitative estimate of drug-likeness (QED) is 0.612. The van der Waals surface area contributed by atoms with Gasteiger partial charge in [-0.15, -0.1) is 0 Å². The van der Waals surface area contributed by atoms with Crippen molar-refractivity contribution in [1.82, 2.24) is 9.97 Å². The molecular formula is C22H27N5O2S. The zero-order valence-electron chi connectivity index (χ0n) is 18.1. The molecule has 0 saturated heterocycles. The van der Waals surface area contributed by atoms with Crippen molar-refractivity contribution in [1.29, 1.82) is 0 Å². The van der Waals surface area contributed by atoms with Gasteiger partial charge in [-0.3, -0.25) is 4.72 Å². The van der Waals surface area contributed by atoms with Gasteiger partial charge in [-0.25, -0.2) is 18.4 Å². The van der Waals surface area contributed by atoms with Crippen LogP contribution in [0.25, 0.3) is 0 Å². The monoisotopic (exact) mass is 425 g/mol. The van der Waals surface area contributed by atoms with Crippen molar-refractivity contribution in [3.05, 3.63) is 65.0 Å². The van der Waals surface area contributed by atoms with Crippen molar-refractivity contribution in [2.45, 2.75) is 32.6 Å². The molecule has 0 aliphatic rings. The van der Waals surface area contributed by atoms with Crippen LogP contribution in [0.5, 0.6) is 0 Å². The summed E-state index contributed by atoms with van der Waals surface area (Å²) < 4.78 is 28.4. The zero-order chi connectivity index (χ0) is 22.1. The molecule has 3 aromatic rings. The molecular weight excluding hydrogens is 398 g/mol. The molecule has 0 saturated carbocycles. The Morgan fingerprint density at radius 1 is 0.800 bits per heavy atom. The Labute approximate surface area is 178 Å². The molecule has 0 radical (unpaired) electrons. The summed E-state index contributed by atoms with van der Waals surface area (Å²) in [6, 6.07) is 12.5. The molecule has 0 fully saturated rings. The third-order valence-electron chi connectivity index (χ3n) is 4.77. The first-order valence-electron chi connectivity index (χ1n) is 9.56. The fourth-order valence-corrected chi connectivity index (χ4v) is 4.42. The van der Waals surface area contributed by atoms with Crippen molar-refractivity contribution < 1.29 is 8.42 Å². The van der Waals surface area contributed by atoms with Gasteiger partial charge in [0.1, 0.15) is 17.5 Å². The second-order valence-electron chi connectivity index (χ2n) is 7.56. The summed E-state index contributed by atoms with van der Waals surface area (Å²) in [7, 11) is 0.168. The van der Waals surface area contributed by atoms with E-state index in [1.165, 1.54) is 0 Å². The lowest BCUT2D eigenvalue weighted by molar-refractivity contribution is 0.600. The SMILES string of the molecule is Cc1nc(Nc2ccc(NS(=O)(=O)c3cc(C)c(C)cc3C)cc2)cc(N(C)C)n1. The molecule has 2 N–H and O–H groups in total. The number of sulfonamides is 1. The number of nitrogens with zero attached hydrogens (tertiary/aromatic N) is 3. The molecule has 1 aromatic heterocycles. The lowest BCUT2D eigenvalue weighted by Gasteiger charge is -2.15. The molecule has 0 bridgehead atoms. The second-order valence-corrected chi connectivity index (χ2v) is 9.21. The van der Waals surface area contributed by atoms with Gasteiger partial charge in [0, 0.05) is 31.5 Å². The molecule has 0 aliphatic carbocycles. The van der Waals surface area contributed by atoms with E-state index in [4.69, 9.17) is 0 Å². The Morgan fingerprint density at radius 3 is 2.03 bits per heavy atom. The summed E-state index contributed by atoms with van der Waals surface area (Å²) in [5, 5.41) is 3.23. The second kappa shape index (κ2) is 8.31. The number of nitrogens with one attached hydrogen (secondary N) is 2. The molecule has 3 rings (SSSR count). The lowest BCUT2D eigenvalue weighted by Crippen LogP contribution is -2.14. The van der Waals surface area contributed by atoms with E-state index in [0.717, 1.165) is 28.2 Å². The fraction of sp³-hybridized carbons (Fsp3) is 0.273. The van der Waals surface area contributed by atoms with Gasteiger partial charge in [-0.2, -0.15) is 0 Å². The van der Waals surface area contributed by atoms with E-state index in [2.05, 4.69) is 20.0 Å². The lowest BCUT2D eigenvalue weighted by atomic mass is 10.1. The molecule has 2 aromatic carbocycles. The smallest absolute Gasteiger partial charge is 0.262 e. The summed E-state index contributed by atoms with van der Waals surface area (Å²) in [6.45, 7) is 7.52. The maximum Gasteiger partial charge on any atom is 0.262 e. The molecule has 0 unspecified atom stereocenters. The van der Waals surface area contributed by atoms with Gasteiger partial charge in [-0.1, -0.05) is 6.07 Å². The molecule has 0 spiro atoms. The first-order chi connectivity index (χ1) is 14.0. The molecule has 7 nitrogen and oxygen atoms in total.